The van der Waals surface area contributed by atoms with E-state index in [0.717, 1.165) is 11.6 Å². The third-order valence-electron chi connectivity index (χ3n) is 3.06. The molecule has 0 saturated heterocycles. The lowest BCUT2D eigenvalue weighted by Gasteiger charge is -2.15. The van der Waals surface area contributed by atoms with E-state index in [1.165, 1.54) is 0 Å². The predicted molar refractivity (Wildman–Crippen MR) is 73.0 cm³/mol. The maximum absolute atomic E-state index is 13.5. The van der Waals surface area contributed by atoms with Crippen molar-refractivity contribution >= 4 is 11.6 Å². The lowest BCUT2D eigenvalue weighted by atomic mass is 10.1. The molecule has 0 fully saturated rings. The molecule has 0 amide bonds. The van der Waals surface area contributed by atoms with Gasteiger partial charge in [0.15, 0.2) is 11.6 Å². The SMILES string of the molecule is C[C@@H](NCc1cc(F)c(F)cc1F)c1ccc(Cl)cc1. The maximum atomic E-state index is 13.5. The first-order valence-corrected chi connectivity index (χ1v) is 6.47. The van der Waals surface area contributed by atoms with E-state index in [9.17, 15) is 13.2 Å². The summed E-state index contributed by atoms with van der Waals surface area (Å²) in [5, 5.41) is 3.68. The van der Waals surface area contributed by atoms with Crippen molar-refractivity contribution < 1.29 is 13.2 Å². The van der Waals surface area contributed by atoms with Crippen molar-refractivity contribution in [2.75, 3.05) is 0 Å². The summed E-state index contributed by atoms with van der Waals surface area (Å²) in [5.41, 5.74) is 1.06. The molecule has 0 saturated carbocycles. The molecule has 5 heteroatoms. The molecule has 0 unspecified atom stereocenters. The van der Waals surface area contributed by atoms with Gasteiger partial charge in [0.25, 0.3) is 0 Å². The lowest BCUT2D eigenvalue weighted by Crippen LogP contribution is -2.19. The first-order valence-electron chi connectivity index (χ1n) is 6.09. The predicted octanol–water partition coefficient (Wildman–Crippen LogP) is 4.61. The van der Waals surface area contributed by atoms with Crippen molar-refractivity contribution in [3.63, 3.8) is 0 Å². The van der Waals surface area contributed by atoms with E-state index >= 15 is 0 Å². The van der Waals surface area contributed by atoms with E-state index in [1.54, 1.807) is 12.1 Å². The van der Waals surface area contributed by atoms with Gasteiger partial charge in [-0.15, -0.1) is 0 Å². The van der Waals surface area contributed by atoms with Gasteiger partial charge in [0.1, 0.15) is 5.82 Å². The van der Waals surface area contributed by atoms with Crippen LogP contribution in [0.15, 0.2) is 36.4 Å². The van der Waals surface area contributed by atoms with Crippen molar-refractivity contribution in [1.82, 2.24) is 5.32 Å². The zero-order valence-electron chi connectivity index (χ0n) is 10.8. The van der Waals surface area contributed by atoms with Gasteiger partial charge in [-0.3, -0.25) is 0 Å². The van der Waals surface area contributed by atoms with E-state index in [0.29, 0.717) is 11.1 Å². The normalized spacial score (nSPS) is 12.4. The molecular weight excluding hydrogens is 287 g/mol. The summed E-state index contributed by atoms with van der Waals surface area (Å²) < 4.78 is 39.4. The van der Waals surface area contributed by atoms with Gasteiger partial charge < -0.3 is 5.32 Å². The van der Waals surface area contributed by atoms with Crippen LogP contribution in [0.2, 0.25) is 5.02 Å². The first-order chi connectivity index (χ1) is 9.47. The molecule has 0 radical (unpaired) electrons. The van der Waals surface area contributed by atoms with E-state index < -0.39 is 17.5 Å². The molecular formula is C15H13ClF3N. The van der Waals surface area contributed by atoms with Crippen molar-refractivity contribution in [3.05, 3.63) is 70.0 Å². The van der Waals surface area contributed by atoms with Gasteiger partial charge in [-0.1, -0.05) is 23.7 Å². The third kappa shape index (κ3) is 3.52. The average Bonchev–Trinajstić information content (AvgIpc) is 2.42. The summed E-state index contributed by atoms with van der Waals surface area (Å²) in [6.45, 7) is 1.99. The van der Waals surface area contributed by atoms with Gasteiger partial charge in [-0.2, -0.15) is 0 Å². The number of benzene rings is 2. The molecule has 0 heterocycles. The molecule has 0 bridgehead atoms. The first kappa shape index (κ1) is 14.9. The smallest absolute Gasteiger partial charge is 0.161 e. The van der Waals surface area contributed by atoms with Crippen LogP contribution in [0.1, 0.15) is 24.1 Å². The standard InChI is InChI=1S/C15H13ClF3N/c1-9(10-2-4-12(16)5-3-10)20-8-11-6-14(18)15(19)7-13(11)17/h2-7,9,20H,8H2,1H3/t9-/m1/s1. The van der Waals surface area contributed by atoms with Crippen LogP contribution in [0.5, 0.6) is 0 Å². The summed E-state index contributed by atoms with van der Waals surface area (Å²) in [7, 11) is 0. The fourth-order valence-corrected chi connectivity index (χ4v) is 1.96. The molecule has 1 N–H and O–H groups in total. The molecule has 0 spiro atoms. The zero-order chi connectivity index (χ0) is 14.7. The Morgan fingerprint density at radius 3 is 2.25 bits per heavy atom. The monoisotopic (exact) mass is 299 g/mol. The molecule has 1 nitrogen and oxygen atoms in total. The van der Waals surface area contributed by atoms with Gasteiger partial charge in [0.2, 0.25) is 0 Å². The van der Waals surface area contributed by atoms with Crippen molar-refractivity contribution in [2.24, 2.45) is 0 Å². The minimum absolute atomic E-state index is 0.0696. The van der Waals surface area contributed by atoms with Crippen LogP contribution in [0.4, 0.5) is 13.2 Å². The summed E-state index contributed by atoms with van der Waals surface area (Å²) in [6.07, 6.45) is 0. The Hall–Kier alpha value is -1.52. The topological polar surface area (TPSA) is 12.0 Å². The molecule has 1 atom stereocenters. The molecule has 20 heavy (non-hydrogen) atoms. The Morgan fingerprint density at radius 2 is 1.60 bits per heavy atom. The van der Waals surface area contributed by atoms with Crippen molar-refractivity contribution in [2.45, 2.75) is 19.5 Å². The van der Waals surface area contributed by atoms with Crippen LogP contribution < -0.4 is 5.32 Å². The molecule has 2 aromatic rings. The minimum atomic E-state index is -1.18. The second kappa shape index (κ2) is 6.29. The van der Waals surface area contributed by atoms with Gasteiger partial charge in [-0.05, 0) is 30.7 Å². The highest BCUT2D eigenvalue weighted by Gasteiger charge is 2.11. The van der Waals surface area contributed by atoms with Crippen molar-refractivity contribution in [1.29, 1.82) is 0 Å². The Kier molecular flexibility index (Phi) is 4.68. The third-order valence-corrected chi connectivity index (χ3v) is 3.31. The Bertz CT molecular complexity index is 599. The number of rotatable bonds is 4. The summed E-state index contributed by atoms with van der Waals surface area (Å²) >= 11 is 5.80. The highest BCUT2D eigenvalue weighted by Crippen LogP contribution is 2.18. The molecule has 2 aromatic carbocycles. The fraction of sp³-hybridized carbons (Fsp3) is 0.200. The maximum Gasteiger partial charge on any atom is 0.161 e. The Balaban J connectivity index is 2.05. The van der Waals surface area contributed by atoms with Crippen molar-refractivity contribution in [3.8, 4) is 0 Å². The molecule has 0 aliphatic carbocycles. The van der Waals surface area contributed by atoms with Crippen LogP contribution in [-0.2, 0) is 6.54 Å². The van der Waals surface area contributed by atoms with Gasteiger partial charge in [-0.25, -0.2) is 13.2 Å². The summed E-state index contributed by atoms with van der Waals surface area (Å²) in [4.78, 5) is 0. The van der Waals surface area contributed by atoms with E-state index in [-0.39, 0.29) is 18.2 Å². The highest BCUT2D eigenvalue weighted by molar-refractivity contribution is 6.30. The van der Waals surface area contributed by atoms with Crippen LogP contribution in [0.25, 0.3) is 0 Å². The van der Waals surface area contributed by atoms with Crippen LogP contribution in [0, 0.1) is 17.5 Å². The number of hydrogen-bond acceptors (Lipinski definition) is 1. The summed E-state index contributed by atoms with van der Waals surface area (Å²) in [5.74, 6) is -3.00. The second-order valence-corrected chi connectivity index (χ2v) is 4.95. The summed E-state index contributed by atoms with van der Waals surface area (Å²) in [6, 6.07) is 8.56. The van der Waals surface area contributed by atoms with Crippen LogP contribution in [0.3, 0.4) is 0 Å². The van der Waals surface area contributed by atoms with Crippen LogP contribution in [-0.4, -0.2) is 0 Å². The Morgan fingerprint density at radius 1 is 1.00 bits per heavy atom. The lowest BCUT2D eigenvalue weighted by molar-refractivity contribution is 0.482. The van der Waals surface area contributed by atoms with Gasteiger partial charge in [0, 0.05) is 29.2 Å². The number of hydrogen-bond donors (Lipinski definition) is 1. The van der Waals surface area contributed by atoms with Crippen LogP contribution >= 0.6 is 11.6 Å². The fourth-order valence-electron chi connectivity index (χ4n) is 1.83. The molecule has 0 aromatic heterocycles. The molecule has 106 valence electrons. The Labute approximate surface area is 120 Å². The van der Waals surface area contributed by atoms with E-state index in [1.807, 2.05) is 19.1 Å². The van der Waals surface area contributed by atoms with E-state index in [2.05, 4.69) is 5.32 Å². The highest BCUT2D eigenvalue weighted by atomic mass is 35.5. The van der Waals surface area contributed by atoms with E-state index in [4.69, 9.17) is 11.6 Å². The van der Waals surface area contributed by atoms with Gasteiger partial charge >= 0.3 is 0 Å². The quantitative estimate of drug-likeness (QED) is 0.813. The van der Waals surface area contributed by atoms with Gasteiger partial charge in [0.05, 0.1) is 0 Å². The molecule has 0 aliphatic heterocycles. The number of nitrogens with one attached hydrogen (secondary N) is 1. The number of halogens is 4. The zero-order valence-corrected chi connectivity index (χ0v) is 11.5. The molecule has 0 aliphatic rings. The second-order valence-electron chi connectivity index (χ2n) is 4.51. The average molecular weight is 300 g/mol. The minimum Gasteiger partial charge on any atom is -0.306 e. The largest absolute Gasteiger partial charge is 0.306 e. The molecule has 2 rings (SSSR count).